The van der Waals surface area contributed by atoms with Crippen molar-refractivity contribution in [2.45, 2.75) is 81.4 Å². The minimum Gasteiger partial charge on any atom is -0.388 e. The fourth-order valence-corrected chi connectivity index (χ4v) is 5.32. The summed E-state index contributed by atoms with van der Waals surface area (Å²) < 4.78 is 5.52. The standard InChI is InChI=1S/C23H35N3O3/c1-26(12-21-23(28)20(27)13-29-21)17-9-14(10-17)5-8-22-24-18-7-6-16(11-19(18)25-22)15-3-2-4-15/h6-7,11,14-15,17,20-25,27-28H,2-5,8-10,12-13H2,1H3/t14?,17?,20-,21+,22?,23-/m0/s1. The average Bonchev–Trinajstić information content (AvgIpc) is 3.16. The summed E-state index contributed by atoms with van der Waals surface area (Å²) in [7, 11) is 2.11. The molecule has 2 saturated carbocycles. The molecule has 0 aromatic heterocycles. The number of nitrogens with one attached hydrogen (secondary N) is 2. The second-order valence-corrected chi connectivity index (χ2v) is 9.71. The van der Waals surface area contributed by atoms with Crippen LogP contribution in [0.4, 0.5) is 11.4 Å². The Hall–Kier alpha value is -1.34. The molecule has 2 aliphatic heterocycles. The van der Waals surface area contributed by atoms with Crippen molar-refractivity contribution in [3.8, 4) is 0 Å². The molecule has 6 heteroatoms. The molecular formula is C23H35N3O3. The quantitative estimate of drug-likeness (QED) is 0.563. The van der Waals surface area contributed by atoms with Crippen LogP contribution >= 0.6 is 0 Å². The molecule has 4 atom stereocenters. The van der Waals surface area contributed by atoms with Gasteiger partial charge in [-0.25, -0.2) is 0 Å². The first-order valence-corrected chi connectivity index (χ1v) is 11.4. The van der Waals surface area contributed by atoms with Gasteiger partial charge < -0.3 is 30.5 Å². The van der Waals surface area contributed by atoms with E-state index in [0.29, 0.717) is 18.8 Å². The van der Waals surface area contributed by atoms with Gasteiger partial charge in [-0.1, -0.05) is 12.5 Å². The van der Waals surface area contributed by atoms with Crippen LogP contribution in [-0.2, 0) is 4.74 Å². The fourth-order valence-electron chi connectivity index (χ4n) is 5.32. The van der Waals surface area contributed by atoms with Crippen LogP contribution in [0.3, 0.4) is 0 Å². The minimum absolute atomic E-state index is 0.249. The van der Waals surface area contributed by atoms with Crippen molar-refractivity contribution < 1.29 is 14.9 Å². The van der Waals surface area contributed by atoms with Crippen molar-refractivity contribution in [3.05, 3.63) is 23.8 Å². The van der Waals surface area contributed by atoms with Crippen LogP contribution in [0.2, 0.25) is 0 Å². The highest BCUT2D eigenvalue weighted by atomic mass is 16.5. The van der Waals surface area contributed by atoms with Gasteiger partial charge in [-0.15, -0.1) is 0 Å². The van der Waals surface area contributed by atoms with Crippen LogP contribution in [0, 0.1) is 5.92 Å². The average molecular weight is 402 g/mol. The molecule has 29 heavy (non-hydrogen) atoms. The van der Waals surface area contributed by atoms with Crippen molar-refractivity contribution in [2.24, 2.45) is 5.92 Å². The SMILES string of the molecule is CN(C[C@H]1OC[C@H](O)[C@@H]1O)C1CC(CCC2Nc3ccc(C4CCC4)cc3N2)C1. The van der Waals surface area contributed by atoms with E-state index >= 15 is 0 Å². The third kappa shape index (κ3) is 4.00. The van der Waals surface area contributed by atoms with E-state index in [1.165, 1.54) is 55.5 Å². The summed E-state index contributed by atoms with van der Waals surface area (Å²) in [6, 6.07) is 7.48. The van der Waals surface area contributed by atoms with Gasteiger partial charge >= 0.3 is 0 Å². The molecule has 0 amide bonds. The first-order valence-electron chi connectivity index (χ1n) is 11.4. The van der Waals surface area contributed by atoms with Crippen LogP contribution in [0.5, 0.6) is 0 Å². The highest BCUT2D eigenvalue weighted by Gasteiger charge is 2.38. The van der Waals surface area contributed by atoms with Crippen molar-refractivity contribution in [3.63, 3.8) is 0 Å². The summed E-state index contributed by atoms with van der Waals surface area (Å²) in [6.45, 7) is 0.943. The molecule has 4 N–H and O–H groups in total. The molecular weight excluding hydrogens is 366 g/mol. The van der Waals surface area contributed by atoms with E-state index in [2.05, 4.69) is 40.8 Å². The highest BCUT2D eigenvalue weighted by molar-refractivity contribution is 5.75. The number of ether oxygens (including phenoxy) is 1. The van der Waals surface area contributed by atoms with Crippen molar-refractivity contribution >= 4 is 11.4 Å². The van der Waals surface area contributed by atoms with Crippen LogP contribution in [-0.4, -0.2) is 65.8 Å². The normalized spacial score (nSPS) is 36.3. The molecule has 160 valence electrons. The number of hydrogen-bond acceptors (Lipinski definition) is 6. The molecule has 3 fully saturated rings. The lowest BCUT2D eigenvalue weighted by Gasteiger charge is -2.42. The minimum atomic E-state index is -0.751. The predicted molar refractivity (Wildman–Crippen MR) is 114 cm³/mol. The summed E-state index contributed by atoms with van der Waals surface area (Å²) in [5.41, 5.74) is 4.03. The molecule has 1 saturated heterocycles. The second kappa shape index (κ2) is 8.06. The summed E-state index contributed by atoms with van der Waals surface area (Å²) in [5, 5.41) is 26.9. The Morgan fingerprint density at radius 2 is 1.90 bits per heavy atom. The van der Waals surface area contributed by atoms with E-state index in [9.17, 15) is 10.2 Å². The third-order valence-electron chi connectivity index (χ3n) is 7.70. The number of nitrogens with zero attached hydrogens (tertiary/aromatic N) is 1. The van der Waals surface area contributed by atoms with Gasteiger partial charge in [0.15, 0.2) is 0 Å². The zero-order valence-corrected chi connectivity index (χ0v) is 17.4. The van der Waals surface area contributed by atoms with Crippen LogP contribution in [0.1, 0.15) is 56.4 Å². The largest absolute Gasteiger partial charge is 0.388 e. The number of rotatable bonds is 7. The van der Waals surface area contributed by atoms with Gasteiger partial charge in [-0.05, 0) is 75.1 Å². The maximum Gasteiger partial charge on any atom is 0.109 e. The van der Waals surface area contributed by atoms with Crippen molar-refractivity contribution in [1.29, 1.82) is 0 Å². The summed E-state index contributed by atoms with van der Waals surface area (Å²) in [5.74, 6) is 1.56. The smallest absolute Gasteiger partial charge is 0.109 e. The zero-order chi connectivity index (χ0) is 20.0. The highest BCUT2D eigenvalue weighted by Crippen LogP contribution is 2.41. The first-order chi connectivity index (χ1) is 14.1. The fraction of sp³-hybridized carbons (Fsp3) is 0.739. The molecule has 0 radical (unpaired) electrons. The van der Waals surface area contributed by atoms with Gasteiger partial charge in [0.05, 0.1) is 30.3 Å². The first kappa shape index (κ1) is 19.6. The van der Waals surface area contributed by atoms with Gasteiger partial charge in [0.1, 0.15) is 12.2 Å². The molecule has 5 rings (SSSR count). The van der Waals surface area contributed by atoms with Gasteiger partial charge in [-0.3, -0.25) is 0 Å². The van der Waals surface area contributed by atoms with Crippen LogP contribution < -0.4 is 10.6 Å². The van der Waals surface area contributed by atoms with Gasteiger partial charge in [0.25, 0.3) is 0 Å². The molecule has 0 bridgehead atoms. The summed E-state index contributed by atoms with van der Waals surface area (Å²) in [4.78, 5) is 2.30. The lowest BCUT2D eigenvalue weighted by molar-refractivity contribution is -0.0122. The van der Waals surface area contributed by atoms with E-state index in [0.717, 1.165) is 18.3 Å². The maximum absolute atomic E-state index is 9.96. The monoisotopic (exact) mass is 401 g/mol. The van der Waals surface area contributed by atoms with E-state index in [-0.39, 0.29) is 12.7 Å². The zero-order valence-electron chi connectivity index (χ0n) is 17.4. The van der Waals surface area contributed by atoms with Crippen LogP contribution in [0.15, 0.2) is 18.2 Å². The Bertz CT molecular complexity index is 719. The van der Waals surface area contributed by atoms with Crippen LogP contribution in [0.25, 0.3) is 0 Å². The topological polar surface area (TPSA) is 77.0 Å². The van der Waals surface area contributed by atoms with E-state index in [4.69, 9.17) is 4.74 Å². The Kier molecular flexibility index (Phi) is 5.45. The number of aliphatic hydroxyl groups excluding tert-OH is 2. The second-order valence-electron chi connectivity index (χ2n) is 9.71. The molecule has 0 spiro atoms. The number of anilines is 2. The molecule has 1 unspecified atom stereocenters. The Morgan fingerprint density at radius 3 is 2.59 bits per heavy atom. The van der Waals surface area contributed by atoms with E-state index in [1.54, 1.807) is 0 Å². The van der Waals surface area contributed by atoms with Crippen molar-refractivity contribution in [1.82, 2.24) is 4.90 Å². The molecule has 1 aromatic carbocycles. The number of benzene rings is 1. The van der Waals surface area contributed by atoms with Gasteiger partial charge in [0, 0.05) is 12.6 Å². The Balaban J connectivity index is 1.03. The molecule has 4 aliphatic rings. The number of fused-ring (bicyclic) bond motifs is 1. The lowest BCUT2D eigenvalue weighted by atomic mass is 9.76. The van der Waals surface area contributed by atoms with Gasteiger partial charge in [0.2, 0.25) is 0 Å². The number of aliphatic hydroxyl groups is 2. The number of likely N-dealkylation sites (N-methyl/N-ethyl adjacent to an activating group) is 1. The molecule has 1 aromatic rings. The predicted octanol–water partition coefficient (Wildman–Crippen LogP) is 2.73. The third-order valence-corrected chi connectivity index (χ3v) is 7.70. The Morgan fingerprint density at radius 1 is 1.10 bits per heavy atom. The molecule has 2 heterocycles. The van der Waals surface area contributed by atoms with Crippen molar-refractivity contribution in [2.75, 3.05) is 30.8 Å². The number of hydrogen-bond donors (Lipinski definition) is 4. The summed E-state index contributed by atoms with van der Waals surface area (Å²) in [6.07, 6.45) is 7.49. The molecule has 6 nitrogen and oxygen atoms in total. The Labute approximate surface area is 173 Å². The van der Waals surface area contributed by atoms with Gasteiger partial charge in [-0.2, -0.15) is 0 Å². The molecule has 2 aliphatic carbocycles. The lowest BCUT2D eigenvalue weighted by Crippen LogP contribution is -2.48. The maximum atomic E-state index is 9.96. The van der Waals surface area contributed by atoms with E-state index in [1.807, 2.05) is 0 Å². The van der Waals surface area contributed by atoms with E-state index < -0.39 is 12.2 Å². The summed E-state index contributed by atoms with van der Waals surface area (Å²) >= 11 is 0.